The van der Waals surface area contributed by atoms with Gasteiger partial charge in [-0.2, -0.15) is 4.31 Å². The van der Waals surface area contributed by atoms with Crippen molar-refractivity contribution >= 4 is 37.9 Å². The minimum Gasteiger partial charge on any atom is -0.479 e. The number of carboxylic acid groups (broad SMARTS) is 2. The van der Waals surface area contributed by atoms with E-state index in [2.05, 4.69) is 4.90 Å². The molecule has 5 atom stereocenters. The molecule has 3 saturated heterocycles. The first-order chi connectivity index (χ1) is 20.2. The summed E-state index contributed by atoms with van der Waals surface area (Å²) in [6.07, 6.45) is 1.07. The normalized spacial score (nSPS) is 24.6. The van der Waals surface area contributed by atoms with Gasteiger partial charge >= 0.3 is 11.9 Å². The molecule has 43 heavy (non-hydrogen) atoms. The first kappa shape index (κ1) is 34.9. The molecule has 242 valence electrons. The molecule has 3 fully saturated rings. The van der Waals surface area contributed by atoms with E-state index in [4.69, 9.17) is 20.4 Å². The summed E-state index contributed by atoms with van der Waals surface area (Å²) in [4.78, 5) is 35.3. The minimum atomic E-state index is -4.04. The van der Waals surface area contributed by atoms with Crippen molar-refractivity contribution in [2.75, 3.05) is 31.9 Å². The van der Waals surface area contributed by atoms with Gasteiger partial charge < -0.3 is 25.3 Å². The predicted molar refractivity (Wildman–Crippen MR) is 154 cm³/mol. The van der Waals surface area contributed by atoms with Gasteiger partial charge in [0.1, 0.15) is 0 Å². The van der Waals surface area contributed by atoms with Crippen LogP contribution in [0, 0.1) is 5.92 Å². The summed E-state index contributed by atoms with van der Waals surface area (Å²) in [5.74, 6) is -4.60. The lowest BCUT2D eigenvalue weighted by Crippen LogP contribution is -2.44. The van der Waals surface area contributed by atoms with Gasteiger partial charge in [-0.3, -0.25) is 4.79 Å². The highest BCUT2D eigenvalue weighted by Gasteiger charge is 2.59. The van der Waals surface area contributed by atoms with Crippen LogP contribution in [0.3, 0.4) is 0 Å². The van der Waals surface area contributed by atoms with Gasteiger partial charge in [-0.15, -0.1) is 0 Å². The Morgan fingerprint density at radius 1 is 0.930 bits per heavy atom. The Hall–Kier alpha value is -2.63. The van der Waals surface area contributed by atoms with E-state index in [-0.39, 0.29) is 17.2 Å². The maximum atomic E-state index is 13.4. The maximum Gasteiger partial charge on any atom is 0.335 e. The number of hydrogen-bond acceptors (Lipinski definition) is 10. The highest BCUT2D eigenvalue weighted by molar-refractivity contribution is 7.90. The number of nitrogens with zero attached hydrogens (tertiary/aromatic N) is 3. The molecule has 14 nitrogen and oxygen atoms in total. The molecule has 1 aromatic carbocycles. The Balaban J connectivity index is 0.000000436. The van der Waals surface area contributed by atoms with Crippen molar-refractivity contribution in [1.82, 2.24) is 13.5 Å². The van der Waals surface area contributed by atoms with E-state index in [9.17, 15) is 31.2 Å². The molecular formula is C27H41N3O11S2. The highest BCUT2D eigenvalue weighted by atomic mass is 32.2. The quantitative estimate of drug-likeness (QED) is 0.239. The Labute approximate surface area is 252 Å². The predicted octanol–water partition coefficient (Wildman–Crippen LogP) is 0.160. The van der Waals surface area contributed by atoms with Crippen molar-refractivity contribution in [2.45, 2.75) is 81.1 Å². The van der Waals surface area contributed by atoms with Gasteiger partial charge in [0.25, 0.3) is 10.0 Å². The third-order valence-corrected chi connectivity index (χ3v) is 11.8. The number of likely N-dealkylation sites (tertiary alicyclic amines) is 1. The molecule has 3 heterocycles. The number of carbonyl (C=O) groups excluding carboxylic acids is 1. The van der Waals surface area contributed by atoms with Crippen LogP contribution in [-0.2, 0) is 34.4 Å². The van der Waals surface area contributed by atoms with E-state index in [1.165, 1.54) is 22.9 Å². The van der Waals surface area contributed by atoms with Crippen molar-refractivity contribution in [3.8, 4) is 0 Å². The molecule has 0 spiro atoms. The number of piperidine rings is 1. The zero-order chi connectivity index (χ0) is 31.9. The second-order valence-electron chi connectivity index (χ2n) is 10.9. The molecule has 0 radical (unpaired) electrons. The summed E-state index contributed by atoms with van der Waals surface area (Å²) >= 11 is 0. The SMILES string of the molecule is CCC[C@H]1C(=O)N(S(=O)(=O)c2ccccc2)[C@H]2CCN(S(=O)(=O)CCCN3CCCCC3)[C@H]12.O=C(O)C(O)C(O)C(=O)O. The standard InChI is InChI=1S/C23H35N3O5S2.C4H6O6/c1-2-10-20-22-21(26(23(20)27)33(30,31)19-11-5-3-6-12-19)13-17-25(22)32(28,29)18-9-16-24-14-7-4-8-15-24;5-1(3(7)8)2(6)4(9)10/h3,5-6,11-12,20-22H,2,4,7-10,13-18H2,1H3;1-2,5-6H,(H,7,8)(H,9,10)/t20-,21+,22-;/m1./s1. The summed E-state index contributed by atoms with van der Waals surface area (Å²) in [5.41, 5.74) is 0. The van der Waals surface area contributed by atoms with E-state index >= 15 is 0 Å². The fourth-order valence-electron chi connectivity index (χ4n) is 5.94. The molecule has 4 N–H and O–H groups in total. The number of carboxylic acids is 2. The van der Waals surface area contributed by atoms with Crippen molar-refractivity contribution in [1.29, 1.82) is 0 Å². The molecule has 0 saturated carbocycles. The zero-order valence-corrected chi connectivity index (χ0v) is 25.7. The van der Waals surface area contributed by atoms with Gasteiger partial charge in [0, 0.05) is 6.54 Å². The van der Waals surface area contributed by atoms with Crippen LogP contribution < -0.4 is 0 Å². The largest absolute Gasteiger partial charge is 0.479 e. The number of hydrogen-bond donors (Lipinski definition) is 4. The fourth-order valence-corrected chi connectivity index (χ4v) is 9.40. The molecule has 0 aromatic heterocycles. The number of carbonyl (C=O) groups is 3. The second-order valence-corrected chi connectivity index (χ2v) is 14.8. The van der Waals surface area contributed by atoms with Crippen LogP contribution in [0.25, 0.3) is 0 Å². The van der Waals surface area contributed by atoms with Crippen molar-refractivity contribution < 1.29 is 51.6 Å². The molecule has 1 aromatic rings. The average Bonchev–Trinajstić information content (AvgIpc) is 3.52. The summed E-state index contributed by atoms with van der Waals surface area (Å²) in [6.45, 7) is 4.99. The minimum absolute atomic E-state index is 0.0329. The lowest BCUT2D eigenvalue weighted by atomic mass is 9.95. The van der Waals surface area contributed by atoms with E-state index < -0.39 is 68.1 Å². The number of aliphatic hydroxyl groups excluding tert-OH is 2. The monoisotopic (exact) mass is 647 g/mol. The van der Waals surface area contributed by atoms with E-state index in [0.29, 0.717) is 25.7 Å². The van der Waals surface area contributed by atoms with Crippen LogP contribution in [0.1, 0.15) is 51.9 Å². The second kappa shape index (κ2) is 14.9. The van der Waals surface area contributed by atoms with Gasteiger partial charge in [-0.05, 0) is 63.9 Å². The Morgan fingerprint density at radius 3 is 2.05 bits per heavy atom. The third-order valence-electron chi connectivity index (χ3n) is 8.01. The Bertz CT molecular complexity index is 1320. The van der Waals surface area contributed by atoms with Gasteiger partial charge in [-0.25, -0.2) is 30.7 Å². The van der Waals surface area contributed by atoms with Crippen LogP contribution in [0.2, 0.25) is 0 Å². The molecule has 16 heteroatoms. The van der Waals surface area contributed by atoms with Crippen LogP contribution in [-0.4, -0.2) is 125 Å². The van der Waals surface area contributed by atoms with Crippen molar-refractivity contribution in [3.63, 3.8) is 0 Å². The van der Waals surface area contributed by atoms with Crippen LogP contribution >= 0.6 is 0 Å². The van der Waals surface area contributed by atoms with E-state index in [1.54, 1.807) is 18.2 Å². The summed E-state index contributed by atoms with van der Waals surface area (Å²) in [6, 6.07) is 6.68. The smallest absolute Gasteiger partial charge is 0.335 e. The lowest BCUT2D eigenvalue weighted by Gasteiger charge is -2.28. The molecule has 3 aliphatic rings. The first-order valence-electron chi connectivity index (χ1n) is 14.4. The molecule has 0 aliphatic carbocycles. The van der Waals surface area contributed by atoms with E-state index in [0.717, 1.165) is 36.8 Å². The van der Waals surface area contributed by atoms with Gasteiger partial charge in [0.05, 0.1) is 28.6 Å². The summed E-state index contributed by atoms with van der Waals surface area (Å²) in [5, 5.41) is 32.5. The molecule has 4 rings (SSSR count). The van der Waals surface area contributed by atoms with Gasteiger partial charge in [-0.1, -0.05) is 38.0 Å². The number of rotatable bonds is 12. The van der Waals surface area contributed by atoms with E-state index in [1.807, 2.05) is 6.92 Å². The number of benzene rings is 1. The van der Waals surface area contributed by atoms with Gasteiger partial charge in [0.15, 0.2) is 12.2 Å². The Kier molecular flexibility index (Phi) is 12.1. The van der Waals surface area contributed by atoms with Crippen LogP contribution in [0.15, 0.2) is 35.2 Å². The average molecular weight is 648 g/mol. The molecule has 1 amide bonds. The maximum absolute atomic E-state index is 13.4. The number of sulfonamides is 2. The van der Waals surface area contributed by atoms with Crippen molar-refractivity contribution in [3.05, 3.63) is 30.3 Å². The number of amides is 1. The Morgan fingerprint density at radius 2 is 1.51 bits per heavy atom. The third kappa shape index (κ3) is 8.10. The van der Waals surface area contributed by atoms with Crippen LogP contribution in [0.5, 0.6) is 0 Å². The lowest BCUT2D eigenvalue weighted by molar-refractivity contribution is -0.165. The van der Waals surface area contributed by atoms with Gasteiger partial charge in [0.2, 0.25) is 15.9 Å². The van der Waals surface area contributed by atoms with Crippen molar-refractivity contribution in [2.24, 2.45) is 5.92 Å². The molecule has 2 unspecified atom stereocenters. The summed E-state index contributed by atoms with van der Waals surface area (Å²) in [7, 11) is -7.63. The topological polar surface area (TPSA) is 210 Å². The number of aliphatic carboxylic acids is 2. The number of aliphatic hydroxyl groups is 2. The molecule has 3 aliphatic heterocycles. The van der Waals surface area contributed by atoms with Crippen LogP contribution in [0.4, 0.5) is 0 Å². The first-order valence-corrected chi connectivity index (χ1v) is 17.5. The highest BCUT2D eigenvalue weighted by Crippen LogP contribution is 2.42. The molecule has 0 bridgehead atoms. The number of fused-ring (bicyclic) bond motifs is 1. The summed E-state index contributed by atoms with van der Waals surface area (Å²) < 4.78 is 55.8. The molecular weight excluding hydrogens is 606 g/mol. The zero-order valence-electron chi connectivity index (χ0n) is 24.1. The fraction of sp³-hybridized carbons (Fsp3) is 0.667.